The quantitative estimate of drug-likeness (QED) is 0.799. The molecule has 0 fully saturated rings. The summed E-state index contributed by atoms with van der Waals surface area (Å²) in [7, 11) is 0. The van der Waals surface area contributed by atoms with Crippen molar-refractivity contribution in [3.05, 3.63) is 71.5 Å². The van der Waals surface area contributed by atoms with Crippen molar-refractivity contribution in [1.29, 1.82) is 0 Å². The number of aliphatic hydroxyl groups is 1. The Morgan fingerprint density at radius 1 is 1.00 bits per heavy atom. The molecule has 1 nitrogen and oxygen atoms in total. The van der Waals surface area contributed by atoms with Crippen molar-refractivity contribution in [3.8, 4) is 0 Å². The summed E-state index contributed by atoms with van der Waals surface area (Å²) in [4.78, 5) is 0. The van der Waals surface area contributed by atoms with Crippen molar-refractivity contribution in [2.24, 2.45) is 0 Å². The first kappa shape index (κ1) is 11.6. The van der Waals surface area contributed by atoms with E-state index in [9.17, 15) is 9.50 Å². The number of aliphatic hydroxyl groups excluding tert-OH is 1. The molecule has 0 aliphatic rings. The van der Waals surface area contributed by atoms with Gasteiger partial charge in [-0.2, -0.15) is 0 Å². The van der Waals surface area contributed by atoms with Gasteiger partial charge in [-0.15, -0.1) is 0 Å². The second-order valence-corrected chi connectivity index (χ2v) is 3.72. The van der Waals surface area contributed by atoms with Gasteiger partial charge >= 0.3 is 0 Å². The topological polar surface area (TPSA) is 20.2 Å². The van der Waals surface area contributed by atoms with Crippen molar-refractivity contribution in [2.75, 3.05) is 6.61 Å². The number of halogens is 1. The predicted molar refractivity (Wildman–Crippen MR) is 67.8 cm³/mol. The minimum atomic E-state index is -0.316. The van der Waals surface area contributed by atoms with Gasteiger partial charge in [0.25, 0.3) is 0 Å². The van der Waals surface area contributed by atoms with Crippen LogP contribution in [0.1, 0.15) is 11.1 Å². The fourth-order valence-corrected chi connectivity index (χ4v) is 1.68. The Morgan fingerprint density at radius 3 is 2.29 bits per heavy atom. The van der Waals surface area contributed by atoms with Gasteiger partial charge in [0, 0.05) is 5.56 Å². The molecule has 0 unspecified atom stereocenters. The molecule has 0 aliphatic carbocycles. The van der Waals surface area contributed by atoms with E-state index in [0.717, 1.165) is 5.56 Å². The maximum absolute atomic E-state index is 13.6. The van der Waals surface area contributed by atoms with Crippen molar-refractivity contribution in [3.63, 3.8) is 0 Å². The predicted octanol–water partition coefficient (Wildman–Crippen LogP) is 3.36. The third kappa shape index (κ3) is 2.80. The zero-order valence-electron chi connectivity index (χ0n) is 9.31. The van der Waals surface area contributed by atoms with E-state index in [0.29, 0.717) is 11.1 Å². The Kier molecular flexibility index (Phi) is 3.68. The first-order valence-electron chi connectivity index (χ1n) is 5.42. The van der Waals surface area contributed by atoms with Gasteiger partial charge in [-0.25, -0.2) is 4.39 Å². The van der Waals surface area contributed by atoms with E-state index in [4.69, 9.17) is 0 Å². The minimum absolute atomic E-state index is 0.185. The minimum Gasteiger partial charge on any atom is -0.392 e. The molecule has 2 rings (SSSR count). The molecule has 0 spiro atoms. The number of rotatable bonds is 3. The fourth-order valence-electron chi connectivity index (χ4n) is 1.68. The summed E-state index contributed by atoms with van der Waals surface area (Å²) in [5, 5.41) is 9.33. The molecule has 86 valence electrons. The summed E-state index contributed by atoms with van der Waals surface area (Å²) in [6.07, 6.45) is 1.79. The Hall–Kier alpha value is -1.93. The largest absolute Gasteiger partial charge is 0.392 e. The van der Waals surface area contributed by atoms with Gasteiger partial charge < -0.3 is 5.11 Å². The van der Waals surface area contributed by atoms with Crippen LogP contribution in [0.2, 0.25) is 0 Å². The summed E-state index contributed by atoms with van der Waals surface area (Å²) in [5.74, 6) is -0.316. The molecule has 0 amide bonds. The second-order valence-electron chi connectivity index (χ2n) is 3.72. The monoisotopic (exact) mass is 228 g/mol. The highest BCUT2D eigenvalue weighted by molar-refractivity contribution is 5.82. The van der Waals surface area contributed by atoms with E-state index in [-0.39, 0.29) is 12.4 Å². The van der Waals surface area contributed by atoms with Crippen LogP contribution in [0, 0.1) is 5.82 Å². The molecule has 2 aromatic carbocycles. The van der Waals surface area contributed by atoms with Gasteiger partial charge in [-0.1, -0.05) is 48.5 Å². The molecule has 0 heterocycles. The van der Waals surface area contributed by atoms with Crippen LogP contribution in [0.15, 0.2) is 54.6 Å². The van der Waals surface area contributed by atoms with Gasteiger partial charge in [0.2, 0.25) is 0 Å². The maximum Gasteiger partial charge on any atom is 0.130 e. The van der Waals surface area contributed by atoms with Crippen LogP contribution in [0.5, 0.6) is 0 Å². The van der Waals surface area contributed by atoms with Gasteiger partial charge in [-0.3, -0.25) is 0 Å². The molecule has 2 aromatic rings. The molecule has 0 saturated heterocycles. The van der Waals surface area contributed by atoms with E-state index in [1.54, 1.807) is 24.3 Å². The molecule has 17 heavy (non-hydrogen) atoms. The summed E-state index contributed by atoms with van der Waals surface area (Å²) in [6, 6.07) is 16.0. The van der Waals surface area contributed by atoms with Gasteiger partial charge in [0.05, 0.1) is 6.61 Å². The van der Waals surface area contributed by atoms with Gasteiger partial charge in [0.15, 0.2) is 0 Å². The lowest BCUT2D eigenvalue weighted by molar-refractivity contribution is 0.350. The lowest BCUT2D eigenvalue weighted by atomic mass is 10.0. The van der Waals surface area contributed by atoms with Crippen LogP contribution in [0.25, 0.3) is 11.6 Å². The van der Waals surface area contributed by atoms with E-state index < -0.39 is 0 Å². The molecule has 0 atom stereocenters. The highest BCUT2D eigenvalue weighted by Gasteiger charge is 2.05. The number of hydrogen-bond acceptors (Lipinski definition) is 1. The third-order valence-corrected chi connectivity index (χ3v) is 2.53. The van der Waals surface area contributed by atoms with Crippen LogP contribution < -0.4 is 0 Å². The normalized spacial score (nSPS) is 11.5. The Morgan fingerprint density at radius 2 is 1.65 bits per heavy atom. The van der Waals surface area contributed by atoms with Crippen molar-refractivity contribution in [1.82, 2.24) is 0 Å². The van der Waals surface area contributed by atoms with E-state index in [1.165, 1.54) is 6.07 Å². The van der Waals surface area contributed by atoms with Crippen molar-refractivity contribution in [2.45, 2.75) is 0 Å². The molecular formula is C15H13FO. The summed E-state index contributed by atoms with van der Waals surface area (Å²) < 4.78 is 13.6. The zero-order chi connectivity index (χ0) is 12.1. The number of benzene rings is 2. The first-order chi connectivity index (χ1) is 8.31. The van der Waals surface area contributed by atoms with Crippen LogP contribution in [-0.4, -0.2) is 11.7 Å². The highest BCUT2D eigenvalue weighted by Crippen LogP contribution is 2.20. The van der Waals surface area contributed by atoms with Crippen LogP contribution in [-0.2, 0) is 0 Å². The molecule has 0 saturated carbocycles. The molecule has 0 aromatic heterocycles. The molecule has 0 bridgehead atoms. The van der Waals surface area contributed by atoms with Crippen molar-refractivity contribution < 1.29 is 9.50 Å². The van der Waals surface area contributed by atoms with E-state index >= 15 is 0 Å². The summed E-state index contributed by atoms with van der Waals surface area (Å²) >= 11 is 0. The average Bonchev–Trinajstić information content (AvgIpc) is 2.38. The molecule has 1 N–H and O–H groups in total. The van der Waals surface area contributed by atoms with Gasteiger partial charge in [-0.05, 0) is 23.3 Å². The molecule has 0 aliphatic heterocycles. The second kappa shape index (κ2) is 5.41. The van der Waals surface area contributed by atoms with Crippen LogP contribution in [0.3, 0.4) is 0 Å². The lowest BCUT2D eigenvalue weighted by Gasteiger charge is -2.06. The van der Waals surface area contributed by atoms with Crippen LogP contribution in [0.4, 0.5) is 4.39 Å². The van der Waals surface area contributed by atoms with E-state index in [2.05, 4.69) is 0 Å². The van der Waals surface area contributed by atoms with Crippen LogP contribution >= 0.6 is 0 Å². The smallest absolute Gasteiger partial charge is 0.130 e. The van der Waals surface area contributed by atoms with Gasteiger partial charge in [0.1, 0.15) is 5.82 Å². The molecular weight excluding hydrogens is 215 g/mol. The Balaban J connectivity index is 2.41. The lowest BCUT2D eigenvalue weighted by Crippen LogP contribution is -1.94. The Labute approximate surface area is 99.9 Å². The third-order valence-electron chi connectivity index (χ3n) is 2.53. The Bertz CT molecular complexity index is 517. The van der Waals surface area contributed by atoms with E-state index in [1.807, 2.05) is 30.3 Å². The molecule has 0 radical (unpaired) electrons. The SMILES string of the molecule is OC/C(=C/c1ccccc1)c1ccccc1F. The van der Waals surface area contributed by atoms with Crippen molar-refractivity contribution >= 4 is 11.6 Å². The summed E-state index contributed by atoms with van der Waals surface area (Å²) in [5.41, 5.74) is 1.97. The standard InChI is InChI=1S/C15H13FO/c16-15-9-5-4-8-14(15)13(11-17)10-12-6-2-1-3-7-12/h1-10,17H,11H2/b13-10-. The first-order valence-corrected chi connectivity index (χ1v) is 5.42. The maximum atomic E-state index is 13.6. The fraction of sp³-hybridized carbons (Fsp3) is 0.0667. The zero-order valence-corrected chi connectivity index (χ0v) is 9.31. The summed E-state index contributed by atoms with van der Waals surface area (Å²) in [6.45, 7) is -0.185. The molecule has 2 heteroatoms. The highest BCUT2D eigenvalue weighted by atomic mass is 19.1. The number of hydrogen-bond donors (Lipinski definition) is 1. The average molecular weight is 228 g/mol.